The minimum absolute atomic E-state index is 0.0320. The van der Waals surface area contributed by atoms with Crippen LogP contribution in [0, 0.1) is 5.82 Å². The highest BCUT2D eigenvalue weighted by Crippen LogP contribution is 2.20. The third-order valence-electron chi connectivity index (χ3n) is 2.67. The number of aromatic nitrogens is 2. The standard InChI is InChI=1S/C12H13ClFN3O/c1-7(15-2)12-16-10(17-18-12)6-8-4-3-5-9(13)11(8)14/h3-5,7,15H,6H2,1-2H3. The molecule has 0 spiro atoms. The Hall–Kier alpha value is -1.46. The van der Waals surface area contributed by atoms with Gasteiger partial charge >= 0.3 is 0 Å². The number of rotatable bonds is 4. The maximum Gasteiger partial charge on any atom is 0.243 e. The predicted octanol–water partition coefficient (Wildman–Crippen LogP) is 2.73. The summed E-state index contributed by atoms with van der Waals surface area (Å²) in [6.07, 6.45) is 0.256. The largest absolute Gasteiger partial charge is 0.338 e. The summed E-state index contributed by atoms with van der Waals surface area (Å²) in [5.74, 6) is 0.482. The molecule has 1 heterocycles. The van der Waals surface area contributed by atoms with E-state index < -0.39 is 5.82 Å². The lowest BCUT2D eigenvalue weighted by Crippen LogP contribution is -2.12. The summed E-state index contributed by atoms with van der Waals surface area (Å²) in [6, 6.07) is 4.82. The molecular weight excluding hydrogens is 257 g/mol. The van der Waals surface area contributed by atoms with Gasteiger partial charge in [0.2, 0.25) is 5.89 Å². The molecule has 1 unspecified atom stereocenters. The fraction of sp³-hybridized carbons (Fsp3) is 0.333. The third kappa shape index (κ3) is 2.68. The smallest absolute Gasteiger partial charge is 0.243 e. The minimum Gasteiger partial charge on any atom is -0.338 e. The van der Waals surface area contributed by atoms with Crippen molar-refractivity contribution in [2.45, 2.75) is 19.4 Å². The van der Waals surface area contributed by atoms with E-state index in [1.54, 1.807) is 19.2 Å². The molecule has 0 bridgehead atoms. The van der Waals surface area contributed by atoms with Crippen molar-refractivity contribution in [2.24, 2.45) is 0 Å². The molecule has 0 aliphatic carbocycles. The Bertz CT molecular complexity index is 544. The van der Waals surface area contributed by atoms with E-state index in [0.717, 1.165) is 0 Å². The number of nitrogens with zero attached hydrogens (tertiary/aromatic N) is 2. The molecule has 0 aliphatic rings. The van der Waals surface area contributed by atoms with Crippen LogP contribution in [0.3, 0.4) is 0 Å². The van der Waals surface area contributed by atoms with Gasteiger partial charge in [-0.3, -0.25) is 0 Å². The molecule has 0 aliphatic heterocycles. The van der Waals surface area contributed by atoms with Crippen LogP contribution < -0.4 is 5.32 Å². The Morgan fingerprint density at radius 3 is 3.00 bits per heavy atom. The second kappa shape index (κ2) is 5.46. The first-order valence-electron chi connectivity index (χ1n) is 5.54. The number of hydrogen-bond acceptors (Lipinski definition) is 4. The molecule has 1 aromatic heterocycles. The maximum atomic E-state index is 13.7. The first-order chi connectivity index (χ1) is 8.61. The van der Waals surface area contributed by atoms with Crippen molar-refractivity contribution in [1.82, 2.24) is 15.5 Å². The fourth-order valence-corrected chi connectivity index (χ4v) is 1.69. The molecule has 0 saturated carbocycles. The van der Waals surface area contributed by atoms with Crippen LogP contribution in [0.2, 0.25) is 5.02 Å². The van der Waals surface area contributed by atoms with E-state index in [1.165, 1.54) is 6.07 Å². The highest BCUT2D eigenvalue weighted by atomic mass is 35.5. The van der Waals surface area contributed by atoms with E-state index in [1.807, 2.05) is 6.92 Å². The zero-order valence-electron chi connectivity index (χ0n) is 10.1. The van der Waals surface area contributed by atoms with Crippen LogP contribution >= 0.6 is 11.6 Å². The monoisotopic (exact) mass is 269 g/mol. The summed E-state index contributed by atoms with van der Waals surface area (Å²) in [6.45, 7) is 1.90. The zero-order valence-corrected chi connectivity index (χ0v) is 10.8. The summed E-state index contributed by atoms with van der Waals surface area (Å²) in [4.78, 5) is 4.20. The van der Waals surface area contributed by atoms with Gasteiger partial charge in [-0.05, 0) is 25.6 Å². The van der Waals surface area contributed by atoms with E-state index in [-0.39, 0.29) is 17.5 Å². The van der Waals surface area contributed by atoms with Crippen molar-refractivity contribution in [2.75, 3.05) is 7.05 Å². The van der Waals surface area contributed by atoms with Gasteiger partial charge in [-0.2, -0.15) is 4.98 Å². The van der Waals surface area contributed by atoms with Crippen LogP contribution in [-0.2, 0) is 6.42 Å². The summed E-state index contributed by atoms with van der Waals surface area (Å²) in [7, 11) is 1.80. The zero-order chi connectivity index (χ0) is 13.1. The Kier molecular flexibility index (Phi) is 3.93. The molecule has 0 radical (unpaired) electrons. The highest BCUT2D eigenvalue weighted by molar-refractivity contribution is 6.30. The van der Waals surface area contributed by atoms with Gasteiger partial charge in [0.25, 0.3) is 0 Å². The fourth-order valence-electron chi connectivity index (χ4n) is 1.49. The van der Waals surface area contributed by atoms with Gasteiger partial charge in [0, 0.05) is 6.42 Å². The minimum atomic E-state index is -0.438. The lowest BCUT2D eigenvalue weighted by molar-refractivity contribution is 0.343. The Morgan fingerprint density at radius 2 is 2.28 bits per heavy atom. The third-order valence-corrected chi connectivity index (χ3v) is 2.96. The second-order valence-corrected chi connectivity index (χ2v) is 4.36. The van der Waals surface area contributed by atoms with Crippen LogP contribution in [0.1, 0.15) is 30.2 Å². The van der Waals surface area contributed by atoms with Crippen molar-refractivity contribution in [1.29, 1.82) is 0 Å². The van der Waals surface area contributed by atoms with Crippen LogP contribution in [0.15, 0.2) is 22.7 Å². The number of hydrogen-bond donors (Lipinski definition) is 1. The summed E-state index contributed by atoms with van der Waals surface area (Å²) in [5, 5.41) is 6.90. The van der Waals surface area contributed by atoms with Crippen molar-refractivity contribution in [3.8, 4) is 0 Å². The van der Waals surface area contributed by atoms with Gasteiger partial charge in [-0.25, -0.2) is 4.39 Å². The van der Waals surface area contributed by atoms with Crippen LogP contribution in [0.25, 0.3) is 0 Å². The molecule has 0 fully saturated rings. The van der Waals surface area contributed by atoms with Gasteiger partial charge in [0.1, 0.15) is 5.82 Å². The van der Waals surface area contributed by atoms with Crippen molar-refractivity contribution >= 4 is 11.6 Å². The van der Waals surface area contributed by atoms with Gasteiger partial charge in [-0.1, -0.05) is 28.9 Å². The molecule has 0 amide bonds. The maximum absolute atomic E-state index is 13.7. The molecule has 2 aromatic rings. The predicted molar refractivity (Wildman–Crippen MR) is 66.0 cm³/mol. The first kappa shape index (κ1) is 13.0. The average Bonchev–Trinajstić information content (AvgIpc) is 2.82. The summed E-state index contributed by atoms with van der Waals surface area (Å²) < 4.78 is 18.8. The SMILES string of the molecule is CNC(C)c1nc(Cc2cccc(Cl)c2F)no1. The Labute approximate surface area is 109 Å². The van der Waals surface area contributed by atoms with Crippen LogP contribution in [0.5, 0.6) is 0 Å². The number of nitrogens with one attached hydrogen (secondary N) is 1. The van der Waals surface area contributed by atoms with Crippen LogP contribution in [0.4, 0.5) is 4.39 Å². The normalized spacial score (nSPS) is 12.7. The van der Waals surface area contributed by atoms with Crippen LogP contribution in [-0.4, -0.2) is 17.2 Å². The summed E-state index contributed by atoms with van der Waals surface area (Å²) >= 11 is 5.71. The van der Waals surface area contributed by atoms with Gasteiger partial charge < -0.3 is 9.84 Å². The molecule has 96 valence electrons. The van der Waals surface area contributed by atoms with E-state index in [2.05, 4.69) is 15.5 Å². The summed E-state index contributed by atoms with van der Waals surface area (Å²) in [5.41, 5.74) is 0.451. The molecule has 18 heavy (non-hydrogen) atoms. The van der Waals surface area contributed by atoms with E-state index in [9.17, 15) is 4.39 Å². The first-order valence-corrected chi connectivity index (χ1v) is 5.92. The highest BCUT2D eigenvalue weighted by Gasteiger charge is 2.14. The van der Waals surface area contributed by atoms with E-state index in [0.29, 0.717) is 17.3 Å². The molecule has 6 heteroatoms. The lowest BCUT2D eigenvalue weighted by atomic mass is 10.1. The van der Waals surface area contributed by atoms with Crippen molar-refractivity contribution in [3.63, 3.8) is 0 Å². The molecule has 1 aromatic carbocycles. The van der Waals surface area contributed by atoms with Gasteiger partial charge in [0.15, 0.2) is 5.82 Å². The van der Waals surface area contributed by atoms with Crippen molar-refractivity contribution < 1.29 is 8.91 Å². The molecule has 1 N–H and O–H groups in total. The molecule has 1 atom stereocenters. The molecule has 4 nitrogen and oxygen atoms in total. The van der Waals surface area contributed by atoms with Gasteiger partial charge in [0.05, 0.1) is 11.1 Å². The molecule has 0 saturated heterocycles. The second-order valence-electron chi connectivity index (χ2n) is 3.95. The number of benzene rings is 1. The molecule has 2 rings (SSSR count). The quantitative estimate of drug-likeness (QED) is 0.927. The number of halogens is 2. The molecular formula is C12H13ClFN3O. The van der Waals surface area contributed by atoms with Crippen molar-refractivity contribution in [3.05, 3.63) is 46.3 Å². The topological polar surface area (TPSA) is 51.0 Å². The average molecular weight is 270 g/mol. The Balaban J connectivity index is 2.19. The van der Waals surface area contributed by atoms with E-state index >= 15 is 0 Å². The Morgan fingerprint density at radius 1 is 1.50 bits per heavy atom. The van der Waals surface area contributed by atoms with E-state index in [4.69, 9.17) is 16.1 Å². The van der Waals surface area contributed by atoms with Gasteiger partial charge in [-0.15, -0.1) is 0 Å². The lowest BCUT2D eigenvalue weighted by Gasteiger charge is -2.02.